The average molecular weight is 387 g/mol. The van der Waals surface area contributed by atoms with E-state index in [-0.39, 0.29) is 5.91 Å². The van der Waals surface area contributed by atoms with E-state index in [0.29, 0.717) is 11.8 Å². The molecule has 0 radical (unpaired) electrons. The molecule has 124 valence electrons. The monoisotopic (exact) mass is 386 g/mol. The van der Waals surface area contributed by atoms with Gasteiger partial charge in [-0.05, 0) is 29.7 Å². The lowest BCUT2D eigenvalue weighted by Crippen LogP contribution is -2.25. The van der Waals surface area contributed by atoms with Crippen LogP contribution in [0.1, 0.15) is 49.6 Å². The van der Waals surface area contributed by atoms with Crippen molar-refractivity contribution >= 4 is 27.7 Å². The number of hydrogen-bond acceptors (Lipinski definition) is 3. The van der Waals surface area contributed by atoms with Crippen molar-refractivity contribution in [1.29, 1.82) is 0 Å². The lowest BCUT2D eigenvalue weighted by Gasteiger charge is -2.19. The van der Waals surface area contributed by atoms with Crippen LogP contribution in [0.4, 0.5) is 0 Å². The first-order chi connectivity index (χ1) is 11.5. The lowest BCUT2D eigenvalue weighted by molar-refractivity contribution is -0.135. The van der Waals surface area contributed by atoms with E-state index in [0.717, 1.165) is 15.6 Å². The number of nitrogens with zero attached hydrogens (tertiary/aromatic N) is 2. The lowest BCUT2D eigenvalue weighted by atomic mass is 10.0. The molecule has 0 unspecified atom stereocenters. The third-order valence-corrected chi connectivity index (χ3v) is 4.42. The van der Waals surface area contributed by atoms with Gasteiger partial charge in [-0.15, -0.1) is 5.10 Å². The molecule has 0 aliphatic carbocycles. The molecule has 0 fully saturated rings. The highest BCUT2D eigenvalue weighted by Crippen LogP contribution is 2.31. The molecule has 1 heterocycles. The zero-order valence-corrected chi connectivity index (χ0v) is 15.4. The molecule has 0 aromatic heterocycles. The fraction of sp³-hybridized carbons (Fsp3) is 0.263. The molecular formula is C19H19BrN2O2. The average Bonchev–Trinajstić information content (AvgIpc) is 3.00. The molecule has 1 amide bonds. The Hall–Kier alpha value is -2.14. The highest BCUT2D eigenvalue weighted by atomic mass is 79.9. The summed E-state index contributed by atoms with van der Waals surface area (Å²) in [5, 5.41) is 5.76. The predicted molar refractivity (Wildman–Crippen MR) is 97.6 cm³/mol. The number of hydrogen-bond donors (Lipinski definition) is 0. The van der Waals surface area contributed by atoms with E-state index in [1.807, 2.05) is 36.4 Å². The minimum Gasteiger partial charge on any atom is -0.446 e. The van der Waals surface area contributed by atoms with Crippen LogP contribution in [0, 0.1) is 0 Å². The van der Waals surface area contributed by atoms with Gasteiger partial charge in [-0.1, -0.05) is 60.1 Å². The number of hydrazone groups is 1. The summed E-state index contributed by atoms with van der Waals surface area (Å²) in [6.45, 7) is 5.79. The van der Waals surface area contributed by atoms with Gasteiger partial charge in [-0.3, -0.25) is 4.79 Å². The summed E-state index contributed by atoms with van der Waals surface area (Å²) in [5.41, 5.74) is 2.99. The number of halogens is 1. The maximum absolute atomic E-state index is 12.0. The van der Waals surface area contributed by atoms with E-state index in [4.69, 9.17) is 4.74 Å². The minimum absolute atomic E-state index is 0.155. The van der Waals surface area contributed by atoms with Crippen LogP contribution >= 0.6 is 15.9 Å². The summed E-state index contributed by atoms with van der Waals surface area (Å²) in [7, 11) is 0. The van der Waals surface area contributed by atoms with E-state index in [1.54, 1.807) is 0 Å². The van der Waals surface area contributed by atoms with Crippen LogP contribution in [0.25, 0.3) is 0 Å². The van der Waals surface area contributed by atoms with Crippen molar-refractivity contribution in [3.05, 3.63) is 69.7 Å². The quantitative estimate of drug-likeness (QED) is 0.759. The standard InChI is InChI=1S/C19H19BrN2O2/c1-12(2)14-7-9-15(10-8-14)19-22(13(3)23)21-18(24-19)16-5-4-6-17(20)11-16/h4-12,19H,1-3H3/t19-/m0/s1. The number of benzene rings is 2. The second-order valence-corrected chi connectivity index (χ2v) is 6.99. The molecule has 0 spiro atoms. The van der Waals surface area contributed by atoms with Crippen LogP contribution in [0.3, 0.4) is 0 Å². The Morgan fingerprint density at radius 1 is 1.21 bits per heavy atom. The van der Waals surface area contributed by atoms with Gasteiger partial charge in [0.15, 0.2) is 0 Å². The van der Waals surface area contributed by atoms with Crippen LogP contribution < -0.4 is 0 Å². The fourth-order valence-electron chi connectivity index (χ4n) is 2.57. The Kier molecular flexibility index (Phi) is 4.71. The number of rotatable bonds is 3. The van der Waals surface area contributed by atoms with E-state index >= 15 is 0 Å². The molecule has 0 bridgehead atoms. The first kappa shape index (κ1) is 16.7. The van der Waals surface area contributed by atoms with Gasteiger partial charge in [-0.25, -0.2) is 0 Å². The molecule has 3 rings (SSSR count). The van der Waals surface area contributed by atoms with Gasteiger partial charge >= 0.3 is 0 Å². The summed E-state index contributed by atoms with van der Waals surface area (Å²) >= 11 is 3.44. The van der Waals surface area contributed by atoms with Gasteiger partial charge in [0.25, 0.3) is 0 Å². The van der Waals surface area contributed by atoms with Crippen LogP contribution in [0.15, 0.2) is 58.1 Å². The fourth-order valence-corrected chi connectivity index (χ4v) is 2.97. The van der Waals surface area contributed by atoms with Crippen molar-refractivity contribution < 1.29 is 9.53 Å². The molecule has 5 heteroatoms. The van der Waals surface area contributed by atoms with Crippen molar-refractivity contribution in [2.75, 3.05) is 0 Å². The Morgan fingerprint density at radius 2 is 1.92 bits per heavy atom. The molecule has 0 N–H and O–H groups in total. The maximum Gasteiger partial charge on any atom is 0.243 e. The van der Waals surface area contributed by atoms with E-state index < -0.39 is 6.23 Å². The van der Waals surface area contributed by atoms with Gasteiger partial charge in [-0.2, -0.15) is 5.01 Å². The molecule has 1 atom stereocenters. The Bertz CT molecular complexity index is 784. The molecule has 2 aromatic rings. The maximum atomic E-state index is 12.0. The third-order valence-electron chi connectivity index (χ3n) is 3.93. The van der Waals surface area contributed by atoms with Gasteiger partial charge < -0.3 is 4.74 Å². The largest absolute Gasteiger partial charge is 0.446 e. The Balaban J connectivity index is 1.90. The van der Waals surface area contributed by atoms with Crippen molar-refractivity contribution in [1.82, 2.24) is 5.01 Å². The molecule has 2 aromatic carbocycles. The summed E-state index contributed by atoms with van der Waals surface area (Å²) in [5.74, 6) is 0.753. The smallest absolute Gasteiger partial charge is 0.243 e. The molecule has 0 saturated heterocycles. The van der Waals surface area contributed by atoms with Crippen LogP contribution in [-0.2, 0) is 9.53 Å². The van der Waals surface area contributed by atoms with Gasteiger partial charge in [0.05, 0.1) is 0 Å². The minimum atomic E-state index is -0.530. The zero-order chi connectivity index (χ0) is 17.3. The van der Waals surface area contributed by atoms with E-state index in [9.17, 15) is 4.79 Å². The van der Waals surface area contributed by atoms with E-state index in [2.05, 4.69) is 47.0 Å². The first-order valence-electron chi connectivity index (χ1n) is 7.86. The second-order valence-electron chi connectivity index (χ2n) is 6.07. The van der Waals surface area contributed by atoms with Gasteiger partial charge in [0.2, 0.25) is 18.0 Å². The SMILES string of the molecule is CC(=O)N1N=C(c2cccc(Br)c2)O[C@H]1c1ccc(C(C)C)cc1. The highest BCUT2D eigenvalue weighted by molar-refractivity contribution is 9.10. The molecule has 1 aliphatic rings. The molecule has 1 aliphatic heterocycles. The molecule has 0 saturated carbocycles. The summed E-state index contributed by atoms with van der Waals surface area (Å²) in [4.78, 5) is 12.0. The van der Waals surface area contributed by atoms with Crippen molar-refractivity contribution in [2.24, 2.45) is 5.10 Å². The van der Waals surface area contributed by atoms with E-state index in [1.165, 1.54) is 17.5 Å². The van der Waals surface area contributed by atoms with Crippen LogP contribution in [0.2, 0.25) is 0 Å². The molecule has 24 heavy (non-hydrogen) atoms. The summed E-state index contributed by atoms with van der Waals surface area (Å²) < 4.78 is 6.93. The van der Waals surface area contributed by atoms with Crippen molar-refractivity contribution in [2.45, 2.75) is 32.9 Å². The Morgan fingerprint density at radius 3 is 2.50 bits per heavy atom. The molecular weight excluding hydrogens is 368 g/mol. The Labute approximate surface area is 150 Å². The second kappa shape index (κ2) is 6.77. The topological polar surface area (TPSA) is 41.9 Å². The van der Waals surface area contributed by atoms with Gasteiger partial charge in [0, 0.05) is 22.5 Å². The van der Waals surface area contributed by atoms with Crippen LogP contribution in [0.5, 0.6) is 0 Å². The third kappa shape index (κ3) is 3.36. The normalized spacial score (nSPS) is 17.0. The van der Waals surface area contributed by atoms with Gasteiger partial charge in [0.1, 0.15) is 0 Å². The highest BCUT2D eigenvalue weighted by Gasteiger charge is 2.33. The van der Waals surface area contributed by atoms with Crippen molar-refractivity contribution in [3.63, 3.8) is 0 Å². The zero-order valence-electron chi connectivity index (χ0n) is 13.9. The number of carbonyl (C=O) groups excluding carboxylic acids is 1. The summed E-state index contributed by atoms with van der Waals surface area (Å²) in [6, 6.07) is 15.8. The molecule has 4 nitrogen and oxygen atoms in total. The van der Waals surface area contributed by atoms with Crippen molar-refractivity contribution in [3.8, 4) is 0 Å². The predicted octanol–water partition coefficient (Wildman–Crippen LogP) is 4.81. The first-order valence-corrected chi connectivity index (χ1v) is 8.66. The summed E-state index contributed by atoms with van der Waals surface area (Å²) in [6.07, 6.45) is -0.530. The van der Waals surface area contributed by atoms with Crippen LogP contribution in [-0.4, -0.2) is 16.8 Å². The number of carbonyl (C=O) groups is 1. The number of amides is 1. The number of ether oxygens (including phenoxy) is 1.